The van der Waals surface area contributed by atoms with Crippen molar-refractivity contribution in [3.8, 4) is 11.5 Å². The van der Waals surface area contributed by atoms with E-state index < -0.39 is 7.60 Å². The van der Waals surface area contributed by atoms with Gasteiger partial charge in [-0.3, -0.25) is 0 Å². The minimum absolute atomic E-state index is 0.276. The van der Waals surface area contributed by atoms with Gasteiger partial charge in [0.15, 0.2) is 0 Å². The minimum Gasteiger partial charge on any atom is -0.415 e. The van der Waals surface area contributed by atoms with E-state index in [0.29, 0.717) is 11.5 Å². The molecule has 1 saturated heterocycles. The normalized spacial score (nSPS) is 18.6. The summed E-state index contributed by atoms with van der Waals surface area (Å²) in [6.45, 7) is 0.838. The Labute approximate surface area is 131 Å². The van der Waals surface area contributed by atoms with Gasteiger partial charge in [-0.25, -0.2) is 4.57 Å². The number of hydrogen-bond acceptors (Lipinski definition) is 4. The van der Waals surface area contributed by atoms with Crippen LogP contribution in [0.1, 0.15) is 19.3 Å². The number of piperidine rings is 1. The second-order valence-corrected chi connectivity index (χ2v) is 7.38. The molecule has 2 aromatic rings. The van der Waals surface area contributed by atoms with Gasteiger partial charge in [0.2, 0.25) is 0 Å². The van der Waals surface area contributed by atoms with Crippen LogP contribution in [0.5, 0.6) is 11.5 Å². The first-order valence-electron chi connectivity index (χ1n) is 7.59. The maximum Gasteiger partial charge on any atom is 0.447 e. The first-order valence-corrected chi connectivity index (χ1v) is 9.20. The third-order valence-electron chi connectivity index (χ3n) is 3.62. The highest BCUT2D eigenvalue weighted by atomic mass is 31.2. The van der Waals surface area contributed by atoms with E-state index in [1.54, 1.807) is 24.3 Å². The molecule has 1 aliphatic heterocycles. The van der Waals surface area contributed by atoms with Crippen molar-refractivity contribution in [1.29, 1.82) is 0 Å². The van der Waals surface area contributed by atoms with Gasteiger partial charge in [0.05, 0.1) is 0 Å². The molecule has 116 valence electrons. The zero-order chi connectivity index (χ0) is 15.3. The van der Waals surface area contributed by atoms with E-state index in [1.165, 1.54) is 0 Å². The quantitative estimate of drug-likeness (QED) is 0.828. The van der Waals surface area contributed by atoms with E-state index in [9.17, 15) is 4.57 Å². The van der Waals surface area contributed by atoms with E-state index in [0.717, 1.165) is 25.8 Å². The van der Waals surface area contributed by atoms with E-state index in [1.807, 2.05) is 36.4 Å². The SMILES string of the molecule is O=P(Oc1ccccc1)(Oc1ccccc1)[C@H]1CCCCN1. The molecule has 0 saturated carbocycles. The van der Waals surface area contributed by atoms with E-state index in [4.69, 9.17) is 9.05 Å². The molecule has 3 rings (SSSR count). The first-order chi connectivity index (χ1) is 10.8. The largest absolute Gasteiger partial charge is 0.447 e. The fourth-order valence-corrected chi connectivity index (χ4v) is 4.48. The number of rotatable bonds is 5. The molecule has 1 atom stereocenters. The lowest BCUT2D eigenvalue weighted by Crippen LogP contribution is -2.36. The monoisotopic (exact) mass is 317 g/mol. The summed E-state index contributed by atoms with van der Waals surface area (Å²) in [5, 5.41) is 3.29. The van der Waals surface area contributed by atoms with Gasteiger partial charge >= 0.3 is 7.60 Å². The highest BCUT2D eigenvalue weighted by molar-refractivity contribution is 7.55. The second-order valence-electron chi connectivity index (χ2n) is 5.31. The number of benzene rings is 2. The standard InChI is InChI=1S/C17H20NO3P/c19-22(17-13-7-8-14-18-17,20-15-9-3-1-4-10-15)21-16-11-5-2-6-12-16/h1-6,9-12,17-18H,7-8,13-14H2/t17-/m0/s1. The van der Waals surface area contributed by atoms with Crippen molar-refractivity contribution in [3.63, 3.8) is 0 Å². The van der Waals surface area contributed by atoms with E-state index in [2.05, 4.69) is 5.32 Å². The van der Waals surface area contributed by atoms with Crippen LogP contribution in [0, 0.1) is 0 Å². The molecule has 0 unspecified atom stereocenters. The Morgan fingerprint density at radius 3 is 1.86 bits per heavy atom. The first kappa shape index (κ1) is 15.1. The molecular formula is C17H20NO3P. The van der Waals surface area contributed by atoms with Crippen LogP contribution in [-0.4, -0.2) is 12.3 Å². The zero-order valence-electron chi connectivity index (χ0n) is 12.4. The molecule has 1 fully saturated rings. The summed E-state index contributed by atoms with van der Waals surface area (Å²) in [6, 6.07) is 18.4. The Bertz CT molecular complexity index is 581. The van der Waals surface area contributed by atoms with Gasteiger partial charge in [0.1, 0.15) is 17.3 Å². The summed E-state index contributed by atoms with van der Waals surface area (Å²) in [4.78, 5) is 0. The molecule has 0 spiro atoms. The lowest BCUT2D eigenvalue weighted by atomic mass is 10.2. The maximum absolute atomic E-state index is 13.4. The average molecular weight is 317 g/mol. The molecule has 0 bridgehead atoms. The third-order valence-corrected chi connectivity index (χ3v) is 5.75. The van der Waals surface area contributed by atoms with Gasteiger partial charge in [-0.15, -0.1) is 0 Å². The number of para-hydroxylation sites is 2. The molecule has 0 aromatic heterocycles. The van der Waals surface area contributed by atoms with E-state index in [-0.39, 0.29) is 5.78 Å². The van der Waals surface area contributed by atoms with Crippen LogP contribution in [0.3, 0.4) is 0 Å². The highest BCUT2D eigenvalue weighted by Gasteiger charge is 2.39. The van der Waals surface area contributed by atoms with Gasteiger partial charge in [0.25, 0.3) is 0 Å². The Morgan fingerprint density at radius 2 is 1.41 bits per heavy atom. The maximum atomic E-state index is 13.4. The van der Waals surface area contributed by atoms with Crippen molar-refractivity contribution in [1.82, 2.24) is 5.32 Å². The molecule has 1 aliphatic rings. The second kappa shape index (κ2) is 6.99. The van der Waals surface area contributed by atoms with Crippen molar-refractivity contribution in [2.24, 2.45) is 0 Å². The molecule has 0 aliphatic carbocycles. The summed E-state index contributed by atoms with van der Waals surface area (Å²) >= 11 is 0. The van der Waals surface area contributed by atoms with Crippen molar-refractivity contribution in [2.45, 2.75) is 25.0 Å². The van der Waals surface area contributed by atoms with Crippen molar-refractivity contribution >= 4 is 7.60 Å². The molecule has 4 nitrogen and oxygen atoms in total. The molecule has 0 amide bonds. The van der Waals surface area contributed by atoms with Crippen LogP contribution in [0.25, 0.3) is 0 Å². The highest BCUT2D eigenvalue weighted by Crippen LogP contribution is 2.53. The molecule has 0 radical (unpaired) electrons. The van der Waals surface area contributed by atoms with E-state index >= 15 is 0 Å². The molecular weight excluding hydrogens is 297 g/mol. The smallest absolute Gasteiger partial charge is 0.415 e. The van der Waals surface area contributed by atoms with Crippen LogP contribution in [0.15, 0.2) is 60.7 Å². The lowest BCUT2D eigenvalue weighted by molar-refractivity contribution is 0.340. The van der Waals surface area contributed by atoms with Gasteiger partial charge < -0.3 is 14.4 Å². The summed E-state index contributed by atoms with van der Waals surface area (Å²) in [5.41, 5.74) is 0. The Balaban J connectivity index is 1.85. The Morgan fingerprint density at radius 1 is 0.864 bits per heavy atom. The van der Waals surface area contributed by atoms with Crippen molar-refractivity contribution < 1.29 is 13.6 Å². The Kier molecular flexibility index (Phi) is 4.81. The fraction of sp³-hybridized carbons (Fsp3) is 0.294. The van der Waals surface area contributed by atoms with Gasteiger partial charge in [-0.05, 0) is 50.1 Å². The van der Waals surface area contributed by atoms with Crippen molar-refractivity contribution in [3.05, 3.63) is 60.7 Å². The van der Waals surface area contributed by atoms with Gasteiger partial charge in [0, 0.05) is 0 Å². The molecule has 2 aromatic carbocycles. The van der Waals surface area contributed by atoms with Crippen LogP contribution in [-0.2, 0) is 4.57 Å². The molecule has 1 N–H and O–H groups in total. The van der Waals surface area contributed by atoms with Crippen LogP contribution < -0.4 is 14.4 Å². The lowest BCUT2D eigenvalue weighted by Gasteiger charge is -2.30. The summed E-state index contributed by atoms with van der Waals surface area (Å²) in [5.74, 6) is 0.852. The summed E-state index contributed by atoms with van der Waals surface area (Å²) in [6.07, 6.45) is 2.90. The molecule has 1 heterocycles. The number of hydrogen-bond donors (Lipinski definition) is 1. The van der Waals surface area contributed by atoms with Crippen molar-refractivity contribution in [2.75, 3.05) is 6.54 Å². The minimum atomic E-state index is -3.35. The molecule has 22 heavy (non-hydrogen) atoms. The zero-order valence-corrected chi connectivity index (χ0v) is 13.2. The van der Waals surface area contributed by atoms with Crippen LogP contribution in [0.4, 0.5) is 0 Å². The van der Waals surface area contributed by atoms with Gasteiger partial charge in [-0.2, -0.15) is 0 Å². The third kappa shape index (κ3) is 3.70. The Hall–Kier alpha value is -1.77. The predicted octanol–water partition coefficient (Wildman–Crippen LogP) is 4.44. The topological polar surface area (TPSA) is 47.6 Å². The van der Waals surface area contributed by atoms with Crippen LogP contribution >= 0.6 is 7.60 Å². The summed E-state index contributed by atoms with van der Waals surface area (Å²) < 4.78 is 25.0. The number of nitrogens with one attached hydrogen (secondary N) is 1. The predicted molar refractivity (Wildman–Crippen MR) is 87.4 cm³/mol. The molecule has 5 heteroatoms. The summed E-state index contributed by atoms with van der Waals surface area (Å²) in [7, 11) is -3.35. The van der Waals surface area contributed by atoms with Gasteiger partial charge in [-0.1, -0.05) is 36.4 Å². The fourth-order valence-electron chi connectivity index (χ4n) is 2.51. The van der Waals surface area contributed by atoms with Crippen LogP contribution in [0.2, 0.25) is 0 Å². The average Bonchev–Trinajstić information content (AvgIpc) is 2.57.